The number of hydrogen-bond donors (Lipinski definition) is 0. The fourth-order valence-corrected chi connectivity index (χ4v) is 3.87. The van der Waals surface area contributed by atoms with Crippen LogP contribution in [0, 0.1) is 0 Å². The molecule has 0 aliphatic carbocycles. The number of rotatable bonds is 4. The molecule has 1 atom stereocenters. The molecule has 0 unspecified atom stereocenters. The second-order valence-corrected chi connectivity index (χ2v) is 8.80. The van der Waals surface area contributed by atoms with Crippen molar-refractivity contribution in [2.45, 2.75) is 32.0 Å². The second-order valence-electron chi connectivity index (χ2n) is 8.80. The van der Waals surface area contributed by atoms with Gasteiger partial charge in [0.2, 0.25) is 5.60 Å². The number of methoxy groups -OCH3 is 1. The summed E-state index contributed by atoms with van der Waals surface area (Å²) < 4.78 is 16.8. The first-order valence-electron chi connectivity index (χ1n) is 10.8. The molecule has 1 heterocycles. The van der Waals surface area contributed by atoms with Crippen molar-refractivity contribution in [3.05, 3.63) is 95.6 Å². The molecule has 1 aliphatic rings. The van der Waals surface area contributed by atoms with Gasteiger partial charge in [0.15, 0.2) is 0 Å². The molecule has 174 valence electrons. The molecule has 0 radical (unpaired) electrons. The molecular formula is C27H25NO6. The van der Waals surface area contributed by atoms with E-state index in [4.69, 9.17) is 14.2 Å². The summed E-state index contributed by atoms with van der Waals surface area (Å²) in [6, 6.07) is 21.7. The SMILES string of the molecule is COc1ccc([C@@]2(OC(=O)c3ccccc3)C(=O)N(C(=O)OC(C)(C)C)c3ccccc32)cc1. The van der Waals surface area contributed by atoms with E-state index < -0.39 is 29.2 Å². The van der Waals surface area contributed by atoms with Crippen molar-refractivity contribution < 1.29 is 28.6 Å². The summed E-state index contributed by atoms with van der Waals surface area (Å²) in [5.41, 5.74) is -1.43. The van der Waals surface area contributed by atoms with E-state index in [-0.39, 0.29) is 5.56 Å². The molecule has 0 bridgehead atoms. The van der Waals surface area contributed by atoms with Crippen LogP contribution in [0.25, 0.3) is 0 Å². The Labute approximate surface area is 197 Å². The number of nitrogens with zero attached hydrogens (tertiary/aromatic N) is 1. The zero-order chi connectivity index (χ0) is 24.5. The van der Waals surface area contributed by atoms with Crippen molar-refractivity contribution in [3.8, 4) is 5.75 Å². The third-order valence-electron chi connectivity index (χ3n) is 5.36. The summed E-state index contributed by atoms with van der Waals surface area (Å²) in [4.78, 5) is 41.3. The van der Waals surface area contributed by atoms with Crippen LogP contribution >= 0.6 is 0 Å². The van der Waals surface area contributed by atoms with Gasteiger partial charge in [-0.3, -0.25) is 4.79 Å². The van der Waals surface area contributed by atoms with Crippen LogP contribution in [0.5, 0.6) is 5.75 Å². The topological polar surface area (TPSA) is 82.1 Å². The lowest BCUT2D eigenvalue weighted by molar-refractivity contribution is -0.133. The molecule has 0 spiro atoms. The summed E-state index contributed by atoms with van der Waals surface area (Å²) in [6.45, 7) is 5.14. The molecule has 0 fully saturated rings. The largest absolute Gasteiger partial charge is 0.497 e. The van der Waals surface area contributed by atoms with Gasteiger partial charge >= 0.3 is 12.1 Å². The maximum absolute atomic E-state index is 14.1. The number of hydrogen-bond acceptors (Lipinski definition) is 6. The lowest BCUT2D eigenvalue weighted by Gasteiger charge is -2.29. The van der Waals surface area contributed by atoms with Crippen molar-refractivity contribution in [2.24, 2.45) is 0 Å². The van der Waals surface area contributed by atoms with Crippen LogP contribution in [0.2, 0.25) is 0 Å². The highest BCUT2D eigenvalue weighted by Crippen LogP contribution is 2.48. The number of imide groups is 1. The summed E-state index contributed by atoms with van der Waals surface area (Å²) in [5.74, 6) is -0.876. The quantitative estimate of drug-likeness (QED) is 0.506. The first-order valence-corrected chi connectivity index (χ1v) is 10.8. The molecule has 0 saturated carbocycles. The minimum Gasteiger partial charge on any atom is -0.497 e. The van der Waals surface area contributed by atoms with Crippen molar-refractivity contribution in [1.29, 1.82) is 0 Å². The average molecular weight is 459 g/mol. The van der Waals surface area contributed by atoms with Crippen LogP contribution in [0.1, 0.15) is 42.3 Å². The summed E-state index contributed by atoms with van der Waals surface area (Å²) in [7, 11) is 1.53. The van der Waals surface area contributed by atoms with Crippen molar-refractivity contribution in [3.63, 3.8) is 0 Å². The number of carbonyl (C=O) groups is 3. The number of fused-ring (bicyclic) bond motifs is 1. The lowest BCUT2D eigenvalue weighted by Crippen LogP contribution is -2.48. The van der Waals surface area contributed by atoms with E-state index in [9.17, 15) is 14.4 Å². The van der Waals surface area contributed by atoms with Gasteiger partial charge in [-0.05, 0) is 51.1 Å². The first-order chi connectivity index (χ1) is 16.2. The van der Waals surface area contributed by atoms with E-state index in [0.717, 1.165) is 4.90 Å². The Kier molecular flexibility index (Phi) is 5.87. The highest BCUT2D eigenvalue weighted by Gasteiger charge is 2.58. The van der Waals surface area contributed by atoms with Gasteiger partial charge in [-0.2, -0.15) is 0 Å². The van der Waals surface area contributed by atoms with Crippen molar-refractivity contribution in [1.82, 2.24) is 0 Å². The summed E-state index contributed by atoms with van der Waals surface area (Å²) >= 11 is 0. The van der Waals surface area contributed by atoms with Crippen LogP contribution in [-0.2, 0) is 19.9 Å². The van der Waals surface area contributed by atoms with Crippen LogP contribution in [0.4, 0.5) is 10.5 Å². The van der Waals surface area contributed by atoms with Gasteiger partial charge in [0.05, 0.1) is 18.4 Å². The molecule has 7 heteroatoms. The van der Waals surface area contributed by atoms with E-state index in [0.29, 0.717) is 22.6 Å². The second kappa shape index (κ2) is 8.67. The number of para-hydroxylation sites is 1. The highest BCUT2D eigenvalue weighted by molar-refractivity contribution is 6.22. The van der Waals surface area contributed by atoms with E-state index >= 15 is 0 Å². The normalized spacial score (nSPS) is 17.2. The van der Waals surface area contributed by atoms with E-state index in [1.54, 1.807) is 99.6 Å². The van der Waals surface area contributed by atoms with Gasteiger partial charge in [-0.15, -0.1) is 0 Å². The van der Waals surface area contributed by atoms with Gasteiger partial charge in [-0.25, -0.2) is 14.5 Å². The average Bonchev–Trinajstić information content (AvgIpc) is 3.07. The van der Waals surface area contributed by atoms with Gasteiger partial charge in [0, 0.05) is 11.1 Å². The number of esters is 1. The van der Waals surface area contributed by atoms with Gasteiger partial charge in [0.25, 0.3) is 5.91 Å². The molecule has 0 N–H and O–H groups in total. The highest BCUT2D eigenvalue weighted by atomic mass is 16.6. The predicted octanol–water partition coefficient (Wildman–Crippen LogP) is 5.08. The first kappa shape index (κ1) is 23.0. The summed E-state index contributed by atoms with van der Waals surface area (Å²) in [6.07, 6.45) is -0.851. The standard InChI is InChI=1S/C27H25NO6/c1-26(2,3)34-25(31)28-22-13-9-8-12-21(22)27(24(28)30,19-14-16-20(32-4)17-15-19)33-23(29)18-10-6-5-7-11-18/h5-17H,1-4H3/t27-/m0/s1. The van der Waals surface area contributed by atoms with Crippen LogP contribution in [0.15, 0.2) is 78.9 Å². The third-order valence-corrected chi connectivity index (χ3v) is 5.36. The molecule has 3 aromatic carbocycles. The Balaban J connectivity index is 1.90. The Morgan fingerprint density at radius 3 is 2.09 bits per heavy atom. The Hall–Kier alpha value is -4.13. The smallest absolute Gasteiger partial charge is 0.421 e. The third kappa shape index (κ3) is 4.01. The molecule has 0 aromatic heterocycles. The van der Waals surface area contributed by atoms with Crippen LogP contribution in [0.3, 0.4) is 0 Å². The minimum atomic E-state index is -1.90. The van der Waals surface area contributed by atoms with Crippen LogP contribution < -0.4 is 9.64 Å². The van der Waals surface area contributed by atoms with E-state index in [2.05, 4.69) is 0 Å². The monoisotopic (exact) mass is 459 g/mol. The number of carbonyl (C=O) groups excluding carboxylic acids is 3. The number of benzene rings is 3. The van der Waals surface area contributed by atoms with Crippen LogP contribution in [-0.4, -0.2) is 30.7 Å². The minimum absolute atomic E-state index is 0.274. The zero-order valence-corrected chi connectivity index (χ0v) is 19.4. The maximum Gasteiger partial charge on any atom is 0.421 e. The van der Waals surface area contributed by atoms with Gasteiger partial charge < -0.3 is 14.2 Å². The molecule has 7 nitrogen and oxygen atoms in total. The fourth-order valence-electron chi connectivity index (χ4n) is 3.87. The fraction of sp³-hybridized carbons (Fsp3) is 0.222. The molecule has 0 saturated heterocycles. The molecule has 3 aromatic rings. The molecule has 2 amide bonds. The van der Waals surface area contributed by atoms with Gasteiger partial charge in [-0.1, -0.05) is 48.5 Å². The molecule has 4 rings (SSSR count). The molecular weight excluding hydrogens is 434 g/mol. The Morgan fingerprint density at radius 2 is 1.47 bits per heavy atom. The van der Waals surface area contributed by atoms with E-state index in [1.165, 1.54) is 7.11 Å². The van der Waals surface area contributed by atoms with Gasteiger partial charge in [0.1, 0.15) is 11.4 Å². The summed E-state index contributed by atoms with van der Waals surface area (Å²) in [5, 5.41) is 0. The molecule has 34 heavy (non-hydrogen) atoms. The zero-order valence-electron chi connectivity index (χ0n) is 19.4. The lowest BCUT2D eigenvalue weighted by atomic mass is 9.87. The van der Waals surface area contributed by atoms with Crippen molar-refractivity contribution >= 4 is 23.7 Å². The predicted molar refractivity (Wildman–Crippen MR) is 126 cm³/mol. The maximum atomic E-state index is 14.1. The number of anilines is 1. The number of amides is 2. The Morgan fingerprint density at radius 1 is 0.853 bits per heavy atom. The van der Waals surface area contributed by atoms with Crippen molar-refractivity contribution in [2.75, 3.05) is 12.0 Å². The van der Waals surface area contributed by atoms with E-state index in [1.807, 2.05) is 0 Å². The molecule has 1 aliphatic heterocycles. The number of ether oxygens (including phenoxy) is 3. The Bertz CT molecular complexity index is 1230.